The predicted molar refractivity (Wildman–Crippen MR) is 120 cm³/mol. The quantitative estimate of drug-likeness (QED) is 0.534. The molecule has 1 aliphatic carbocycles. The zero-order chi connectivity index (χ0) is 22.8. The highest BCUT2D eigenvalue weighted by Crippen LogP contribution is 2.40. The molecule has 0 saturated carbocycles. The van der Waals surface area contributed by atoms with Crippen LogP contribution in [0, 0.1) is 0 Å². The van der Waals surface area contributed by atoms with Gasteiger partial charge in [0.25, 0.3) is 5.91 Å². The van der Waals surface area contributed by atoms with Crippen LogP contribution in [0.15, 0.2) is 33.5 Å². The van der Waals surface area contributed by atoms with Crippen LogP contribution in [0.3, 0.4) is 0 Å². The third kappa shape index (κ3) is 4.05. The van der Waals surface area contributed by atoms with E-state index >= 15 is 0 Å². The lowest BCUT2D eigenvalue weighted by Gasteiger charge is -2.15. The molecule has 1 heterocycles. The second kappa shape index (κ2) is 9.00. The number of hydrogen-bond donors (Lipinski definition) is 1. The van der Waals surface area contributed by atoms with Crippen molar-refractivity contribution >= 4 is 34.2 Å². The topological polar surface area (TPSA) is 96.2 Å². The number of carbonyl (C=O) groups is 1. The van der Waals surface area contributed by atoms with Gasteiger partial charge in [0.05, 0.1) is 26.4 Å². The average Bonchev–Trinajstić information content (AvgIpc) is 3.28. The molecule has 3 aromatic rings. The molecule has 0 bridgehead atoms. The van der Waals surface area contributed by atoms with Gasteiger partial charge in [-0.25, -0.2) is 4.79 Å². The van der Waals surface area contributed by atoms with Crippen molar-refractivity contribution in [2.75, 3.05) is 33.3 Å². The van der Waals surface area contributed by atoms with Gasteiger partial charge in [-0.15, -0.1) is 0 Å². The lowest BCUT2D eigenvalue weighted by Crippen LogP contribution is -2.20. The second-order valence-corrected chi connectivity index (χ2v) is 7.64. The van der Waals surface area contributed by atoms with Crippen molar-refractivity contribution in [2.24, 2.45) is 0 Å². The molecule has 0 unspecified atom stereocenters. The molecule has 0 fully saturated rings. The zero-order valence-electron chi connectivity index (χ0n) is 17.9. The van der Waals surface area contributed by atoms with E-state index in [0.717, 1.165) is 23.8 Å². The Bertz CT molecular complexity index is 1230. The largest absolute Gasteiger partial charge is 0.493 e. The van der Waals surface area contributed by atoms with Crippen LogP contribution in [-0.4, -0.2) is 33.8 Å². The summed E-state index contributed by atoms with van der Waals surface area (Å²) in [5, 5.41) is 3.85. The molecule has 1 aromatic heterocycles. The normalized spacial score (nSPS) is 12.4. The van der Waals surface area contributed by atoms with Crippen LogP contribution in [-0.2, 0) is 17.6 Å². The molecule has 1 amide bonds. The molecule has 9 heteroatoms. The monoisotopic (exact) mass is 459 g/mol. The van der Waals surface area contributed by atoms with Gasteiger partial charge in [0, 0.05) is 34.8 Å². The first-order valence-electron chi connectivity index (χ1n) is 9.96. The fraction of sp³-hybridized carbons (Fsp3) is 0.304. The molecular weight excluding hydrogens is 438 g/mol. The number of amides is 1. The fourth-order valence-electron chi connectivity index (χ4n) is 3.89. The summed E-state index contributed by atoms with van der Waals surface area (Å²) in [6.45, 7) is -0.308. The molecule has 32 heavy (non-hydrogen) atoms. The Morgan fingerprint density at radius 2 is 1.69 bits per heavy atom. The fourth-order valence-corrected chi connectivity index (χ4v) is 4.11. The summed E-state index contributed by atoms with van der Waals surface area (Å²) in [7, 11) is 4.47. The third-order valence-corrected chi connectivity index (χ3v) is 5.63. The van der Waals surface area contributed by atoms with E-state index < -0.39 is 5.91 Å². The third-order valence-electron chi connectivity index (χ3n) is 5.33. The van der Waals surface area contributed by atoms with Crippen molar-refractivity contribution in [1.82, 2.24) is 0 Å². The summed E-state index contributed by atoms with van der Waals surface area (Å²) in [5.74, 6) is 1.05. The van der Waals surface area contributed by atoms with Gasteiger partial charge in [0.15, 0.2) is 18.1 Å². The van der Waals surface area contributed by atoms with Crippen LogP contribution in [0.2, 0.25) is 5.02 Å². The summed E-state index contributed by atoms with van der Waals surface area (Å²) in [5.41, 5.74) is 2.19. The number of benzene rings is 2. The Morgan fingerprint density at radius 3 is 2.34 bits per heavy atom. The second-order valence-electron chi connectivity index (χ2n) is 7.23. The van der Waals surface area contributed by atoms with E-state index in [1.807, 2.05) is 0 Å². The first-order chi connectivity index (χ1) is 15.4. The predicted octanol–water partition coefficient (Wildman–Crippen LogP) is 3.98. The Hall–Kier alpha value is -3.39. The standard InChI is InChI=1S/C23H22ClNO7/c1-28-19-7-12(8-20(29-2)22(19)30-3)25-21(26)11-31-18-10-17-15(9-16(18)24)13-5-4-6-14(13)23(27)32-17/h7-10H,4-6,11H2,1-3H3,(H,25,26). The maximum atomic E-state index is 12.5. The number of aryl methyl sites for hydroxylation is 1. The summed E-state index contributed by atoms with van der Waals surface area (Å²) in [4.78, 5) is 24.7. The average molecular weight is 460 g/mol. The van der Waals surface area contributed by atoms with Crippen molar-refractivity contribution in [3.63, 3.8) is 0 Å². The number of nitrogens with one attached hydrogen (secondary N) is 1. The van der Waals surface area contributed by atoms with Gasteiger partial charge in [-0.1, -0.05) is 11.6 Å². The lowest BCUT2D eigenvalue weighted by molar-refractivity contribution is -0.118. The van der Waals surface area contributed by atoms with E-state index in [9.17, 15) is 9.59 Å². The maximum Gasteiger partial charge on any atom is 0.339 e. The number of rotatable bonds is 7. The molecule has 0 radical (unpaired) electrons. The summed E-state index contributed by atoms with van der Waals surface area (Å²) in [6, 6.07) is 6.48. The molecule has 168 valence electrons. The van der Waals surface area contributed by atoms with Crippen LogP contribution in [0.4, 0.5) is 5.69 Å². The molecule has 0 spiro atoms. The number of fused-ring (bicyclic) bond motifs is 3. The highest BCUT2D eigenvalue weighted by atomic mass is 35.5. The van der Waals surface area contributed by atoms with E-state index in [1.54, 1.807) is 24.3 Å². The van der Waals surface area contributed by atoms with Crippen LogP contribution < -0.4 is 29.9 Å². The number of methoxy groups -OCH3 is 3. The van der Waals surface area contributed by atoms with Crippen molar-refractivity contribution in [1.29, 1.82) is 0 Å². The van der Waals surface area contributed by atoms with Crippen LogP contribution in [0.5, 0.6) is 23.0 Å². The summed E-state index contributed by atoms with van der Waals surface area (Å²) < 4.78 is 26.9. The minimum absolute atomic E-state index is 0.250. The zero-order valence-corrected chi connectivity index (χ0v) is 18.6. The van der Waals surface area contributed by atoms with E-state index in [4.69, 9.17) is 35.0 Å². The Morgan fingerprint density at radius 1 is 1.00 bits per heavy atom. The van der Waals surface area contributed by atoms with Gasteiger partial charge < -0.3 is 28.7 Å². The van der Waals surface area contributed by atoms with E-state index in [-0.39, 0.29) is 18.0 Å². The molecule has 2 aromatic carbocycles. The molecular formula is C23H22ClNO7. The molecule has 1 aliphatic rings. The van der Waals surface area contributed by atoms with Crippen molar-refractivity contribution < 1.29 is 28.2 Å². The van der Waals surface area contributed by atoms with Gasteiger partial charge in [0.1, 0.15) is 11.3 Å². The van der Waals surface area contributed by atoms with Gasteiger partial charge >= 0.3 is 5.63 Å². The first-order valence-corrected chi connectivity index (χ1v) is 10.3. The highest BCUT2D eigenvalue weighted by Gasteiger charge is 2.21. The number of anilines is 1. The lowest BCUT2D eigenvalue weighted by atomic mass is 10.1. The molecule has 0 saturated heterocycles. The van der Waals surface area contributed by atoms with Crippen LogP contribution in [0.25, 0.3) is 11.0 Å². The number of carbonyl (C=O) groups excluding carboxylic acids is 1. The van der Waals surface area contributed by atoms with Gasteiger partial charge in [-0.05, 0) is 30.9 Å². The smallest absolute Gasteiger partial charge is 0.339 e. The maximum absolute atomic E-state index is 12.5. The number of hydrogen-bond acceptors (Lipinski definition) is 7. The minimum Gasteiger partial charge on any atom is -0.493 e. The molecule has 4 rings (SSSR count). The first kappa shape index (κ1) is 21.8. The van der Waals surface area contributed by atoms with E-state index in [2.05, 4.69) is 5.32 Å². The van der Waals surface area contributed by atoms with Gasteiger partial charge in [-0.2, -0.15) is 0 Å². The molecule has 0 aliphatic heterocycles. The Labute approximate surface area is 189 Å². The van der Waals surface area contributed by atoms with Crippen molar-refractivity contribution in [2.45, 2.75) is 19.3 Å². The Kier molecular flexibility index (Phi) is 6.14. The van der Waals surface area contributed by atoms with Crippen molar-refractivity contribution in [3.05, 3.63) is 50.8 Å². The van der Waals surface area contributed by atoms with E-state index in [1.165, 1.54) is 21.3 Å². The van der Waals surface area contributed by atoms with Gasteiger partial charge in [-0.3, -0.25) is 4.79 Å². The molecule has 0 atom stereocenters. The number of ether oxygens (including phenoxy) is 4. The van der Waals surface area contributed by atoms with Crippen molar-refractivity contribution in [3.8, 4) is 23.0 Å². The van der Waals surface area contributed by atoms with Crippen LogP contribution in [0.1, 0.15) is 17.5 Å². The Balaban J connectivity index is 1.51. The summed E-state index contributed by atoms with van der Waals surface area (Å²) >= 11 is 6.38. The van der Waals surface area contributed by atoms with E-state index in [0.29, 0.717) is 45.5 Å². The van der Waals surface area contributed by atoms with Gasteiger partial charge in [0.2, 0.25) is 5.75 Å². The minimum atomic E-state index is -0.425. The highest BCUT2D eigenvalue weighted by molar-refractivity contribution is 6.32. The van der Waals surface area contributed by atoms with Crippen LogP contribution >= 0.6 is 11.6 Å². The summed E-state index contributed by atoms with van der Waals surface area (Å²) in [6.07, 6.45) is 2.44. The number of halogens is 1. The molecule has 1 N–H and O–H groups in total. The SMILES string of the molecule is COc1cc(NC(=O)COc2cc3oc(=O)c4c(c3cc2Cl)CCC4)cc(OC)c1OC. The molecule has 8 nitrogen and oxygen atoms in total.